The summed E-state index contributed by atoms with van der Waals surface area (Å²) in [6.45, 7) is 0.148. The molecule has 1 aromatic rings. The zero-order valence-corrected chi connectivity index (χ0v) is 12.2. The van der Waals surface area contributed by atoms with Crippen LogP contribution in [0.4, 0.5) is 0 Å². The number of nitrogens with one attached hydrogen (secondary N) is 1. The highest BCUT2D eigenvalue weighted by Crippen LogP contribution is 2.33. The number of phenolic OH excluding ortho intramolecular Hbond substituents is 2. The summed E-state index contributed by atoms with van der Waals surface area (Å²) in [7, 11) is 1.38. The van der Waals surface area contributed by atoms with Gasteiger partial charge in [-0.1, -0.05) is 0 Å². The lowest BCUT2D eigenvalue weighted by molar-refractivity contribution is -0.139. The molecule has 6 nitrogen and oxygen atoms in total. The number of ether oxygens (including phenoxy) is 1. The van der Waals surface area contributed by atoms with Crippen molar-refractivity contribution in [3.63, 3.8) is 0 Å². The van der Waals surface area contributed by atoms with E-state index in [4.69, 9.17) is 9.84 Å². The fraction of sp³-hybridized carbons (Fsp3) is 0.462. The highest BCUT2D eigenvalue weighted by Gasteiger charge is 2.17. The average molecular weight is 301 g/mol. The standard InChI is InChI=1S/C13H19NO5S/c1-19-12-6-10(15)8(5-11(12)16)7-14-9(13(17)18)3-4-20-2/h5-6,9,14-16H,3-4,7H2,1-2H3,(H,17,18)/t9-/m0/s1. The molecule has 0 spiro atoms. The van der Waals surface area contributed by atoms with Crippen molar-refractivity contribution in [1.82, 2.24) is 5.32 Å². The van der Waals surface area contributed by atoms with Crippen molar-refractivity contribution in [3.8, 4) is 17.2 Å². The molecule has 0 aromatic heterocycles. The van der Waals surface area contributed by atoms with Crippen LogP contribution in [0.2, 0.25) is 0 Å². The molecule has 20 heavy (non-hydrogen) atoms. The molecule has 0 heterocycles. The van der Waals surface area contributed by atoms with E-state index in [2.05, 4.69) is 5.32 Å². The number of aromatic hydroxyl groups is 2. The Morgan fingerprint density at radius 2 is 2.10 bits per heavy atom. The van der Waals surface area contributed by atoms with Crippen molar-refractivity contribution in [3.05, 3.63) is 17.7 Å². The van der Waals surface area contributed by atoms with E-state index in [-0.39, 0.29) is 23.8 Å². The van der Waals surface area contributed by atoms with Gasteiger partial charge >= 0.3 is 5.97 Å². The molecule has 1 rings (SSSR count). The van der Waals surface area contributed by atoms with E-state index >= 15 is 0 Å². The molecule has 0 amide bonds. The first-order valence-electron chi connectivity index (χ1n) is 6.03. The summed E-state index contributed by atoms with van der Waals surface area (Å²) in [5.74, 6) is -0.192. The van der Waals surface area contributed by atoms with Crippen molar-refractivity contribution < 1.29 is 24.9 Å². The molecule has 112 valence electrons. The van der Waals surface area contributed by atoms with Gasteiger partial charge in [-0.15, -0.1) is 0 Å². The molecule has 0 aliphatic heterocycles. The van der Waals surface area contributed by atoms with Crippen molar-refractivity contribution in [2.75, 3.05) is 19.1 Å². The number of methoxy groups -OCH3 is 1. The minimum atomic E-state index is -0.934. The first-order valence-corrected chi connectivity index (χ1v) is 7.43. The predicted octanol–water partition coefficient (Wildman–Crippen LogP) is 1.40. The first kappa shape index (κ1) is 16.5. The second-order valence-corrected chi connectivity index (χ2v) is 5.19. The molecule has 7 heteroatoms. The Hall–Kier alpha value is -1.60. The topological polar surface area (TPSA) is 99.0 Å². The monoisotopic (exact) mass is 301 g/mol. The Kier molecular flexibility index (Phi) is 6.47. The lowest BCUT2D eigenvalue weighted by Crippen LogP contribution is -2.36. The minimum Gasteiger partial charge on any atom is -0.507 e. The molecule has 0 aliphatic rings. The fourth-order valence-corrected chi connectivity index (χ4v) is 2.16. The molecule has 0 radical (unpaired) electrons. The molecule has 1 aromatic carbocycles. The van der Waals surface area contributed by atoms with Crippen LogP contribution in [0.1, 0.15) is 12.0 Å². The lowest BCUT2D eigenvalue weighted by Gasteiger charge is -2.15. The lowest BCUT2D eigenvalue weighted by atomic mass is 10.1. The van der Waals surface area contributed by atoms with Crippen LogP contribution in [-0.2, 0) is 11.3 Å². The number of benzene rings is 1. The van der Waals surface area contributed by atoms with Crippen molar-refractivity contribution in [1.29, 1.82) is 0 Å². The molecule has 0 saturated heterocycles. The van der Waals surface area contributed by atoms with Gasteiger partial charge in [-0.2, -0.15) is 11.8 Å². The van der Waals surface area contributed by atoms with Gasteiger partial charge in [-0.3, -0.25) is 4.79 Å². The van der Waals surface area contributed by atoms with Crippen molar-refractivity contribution in [2.45, 2.75) is 19.0 Å². The predicted molar refractivity (Wildman–Crippen MR) is 77.6 cm³/mol. The van der Waals surface area contributed by atoms with Gasteiger partial charge in [-0.05, 0) is 24.5 Å². The first-order chi connectivity index (χ1) is 9.49. The summed E-state index contributed by atoms with van der Waals surface area (Å²) in [4.78, 5) is 11.1. The number of rotatable bonds is 8. The third kappa shape index (κ3) is 4.50. The molecule has 0 bridgehead atoms. The van der Waals surface area contributed by atoms with Crippen LogP contribution in [-0.4, -0.2) is 46.4 Å². The molecule has 0 aliphatic carbocycles. The summed E-state index contributed by atoms with van der Waals surface area (Å²) in [6, 6.07) is 1.96. The van der Waals surface area contributed by atoms with Gasteiger partial charge in [-0.25, -0.2) is 0 Å². The zero-order valence-electron chi connectivity index (χ0n) is 11.4. The Morgan fingerprint density at radius 3 is 2.65 bits per heavy atom. The van der Waals surface area contributed by atoms with Crippen molar-refractivity contribution >= 4 is 17.7 Å². The van der Waals surface area contributed by atoms with Crippen LogP contribution in [0.15, 0.2) is 12.1 Å². The second-order valence-electron chi connectivity index (χ2n) is 4.21. The normalized spacial score (nSPS) is 12.1. The molecule has 0 fully saturated rings. The van der Waals surface area contributed by atoms with Gasteiger partial charge in [0.25, 0.3) is 0 Å². The number of thioether (sulfide) groups is 1. The number of carboxylic acid groups (broad SMARTS) is 1. The van der Waals surface area contributed by atoms with Crippen LogP contribution in [0.3, 0.4) is 0 Å². The molecule has 4 N–H and O–H groups in total. The highest BCUT2D eigenvalue weighted by molar-refractivity contribution is 7.98. The van der Waals surface area contributed by atoms with E-state index < -0.39 is 12.0 Å². The van der Waals surface area contributed by atoms with Crippen LogP contribution >= 0.6 is 11.8 Å². The van der Waals surface area contributed by atoms with Gasteiger partial charge in [0, 0.05) is 18.2 Å². The summed E-state index contributed by atoms with van der Waals surface area (Å²) >= 11 is 1.57. The number of carboxylic acids is 1. The number of phenols is 2. The second kappa shape index (κ2) is 7.86. The quantitative estimate of drug-likeness (QED) is 0.539. The van der Waals surface area contributed by atoms with E-state index in [9.17, 15) is 15.0 Å². The van der Waals surface area contributed by atoms with Gasteiger partial charge in [0.2, 0.25) is 0 Å². The minimum absolute atomic E-state index is 0.0545. The van der Waals surface area contributed by atoms with Gasteiger partial charge < -0.3 is 25.4 Å². The van der Waals surface area contributed by atoms with Crippen LogP contribution in [0.5, 0.6) is 17.2 Å². The maximum Gasteiger partial charge on any atom is 0.320 e. The Bertz CT molecular complexity index is 466. The highest BCUT2D eigenvalue weighted by atomic mass is 32.2. The van der Waals surface area contributed by atoms with Crippen LogP contribution in [0.25, 0.3) is 0 Å². The van der Waals surface area contributed by atoms with Gasteiger partial charge in [0.05, 0.1) is 7.11 Å². The molecular formula is C13H19NO5S. The van der Waals surface area contributed by atoms with E-state index in [1.807, 2.05) is 6.26 Å². The zero-order chi connectivity index (χ0) is 15.1. The Balaban J connectivity index is 2.72. The average Bonchev–Trinajstić information content (AvgIpc) is 2.41. The Labute approximate surface area is 121 Å². The third-order valence-corrected chi connectivity index (χ3v) is 3.47. The van der Waals surface area contributed by atoms with E-state index in [0.29, 0.717) is 12.0 Å². The Morgan fingerprint density at radius 1 is 1.40 bits per heavy atom. The number of hydrogen-bond donors (Lipinski definition) is 4. The number of carbonyl (C=O) groups is 1. The van der Waals surface area contributed by atoms with Crippen molar-refractivity contribution in [2.24, 2.45) is 0 Å². The number of aliphatic carboxylic acids is 1. The SMILES string of the molecule is COc1cc(O)c(CN[C@@H](CCSC)C(=O)O)cc1O. The molecule has 1 atom stereocenters. The summed E-state index contributed by atoms with van der Waals surface area (Å²) < 4.78 is 4.87. The molecule has 0 unspecified atom stereocenters. The third-order valence-electron chi connectivity index (χ3n) is 2.83. The maximum atomic E-state index is 11.1. The molecular weight excluding hydrogens is 282 g/mol. The van der Waals surface area contributed by atoms with Crippen LogP contribution < -0.4 is 10.1 Å². The summed E-state index contributed by atoms with van der Waals surface area (Å²) in [5.41, 5.74) is 0.415. The number of hydrogen-bond acceptors (Lipinski definition) is 6. The summed E-state index contributed by atoms with van der Waals surface area (Å²) in [6.07, 6.45) is 2.39. The van der Waals surface area contributed by atoms with E-state index in [0.717, 1.165) is 5.75 Å². The molecule has 0 saturated carbocycles. The van der Waals surface area contributed by atoms with Crippen LogP contribution in [0, 0.1) is 0 Å². The largest absolute Gasteiger partial charge is 0.507 e. The fourth-order valence-electron chi connectivity index (χ4n) is 1.69. The van der Waals surface area contributed by atoms with E-state index in [1.165, 1.54) is 19.2 Å². The smallest absolute Gasteiger partial charge is 0.320 e. The summed E-state index contributed by atoms with van der Waals surface area (Å²) in [5, 5.41) is 31.4. The van der Waals surface area contributed by atoms with Gasteiger partial charge in [0.15, 0.2) is 11.5 Å². The van der Waals surface area contributed by atoms with Gasteiger partial charge in [0.1, 0.15) is 11.8 Å². The van der Waals surface area contributed by atoms with E-state index in [1.54, 1.807) is 11.8 Å². The maximum absolute atomic E-state index is 11.1.